The summed E-state index contributed by atoms with van der Waals surface area (Å²) in [5, 5.41) is 8.95. The molecule has 1 aliphatic rings. The topological polar surface area (TPSA) is 112 Å². The summed E-state index contributed by atoms with van der Waals surface area (Å²) in [6, 6.07) is 13.8. The highest BCUT2D eigenvalue weighted by Gasteiger charge is 2.47. The summed E-state index contributed by atoms with van der Waals surface area (Å²) >= 11 is 0. The van der Waals surface area contributed by atoms with Crippen LogP contribution in [0.25, 0.3) is 0 Å². The molecular weight excluding hydrogens is 437 g/mol. The highest BCUT2D eigenvalue weighted by Crippen LogP contribution is 2.31. The number of rotatable bonds is 6. The largest absolute Gasteiger partial charge is 0.468 e. The molecule has 2 heterocycles. The first kappa shape index (κ1) is 21.4. The second-order valence-corrected chi connectivity index (χ2v) is 8.92. The Balaban J connectivity index is 1.72. The third kappa shape index (κ3) is 3.91. The van der Waals surface area contributed by atoms with Crippen molar-refractivity contribution in [3.63, 3.8) is 0 Å². The first-order chi connectivity index (χ1) is 15.3. The van der Waals surface area contributed by atoms with Crippen molar-refractivity contribution in [2.75, 3.05) is 4.90 Å². The molecule has 4 rings (SSSR count). The zero-order chi connectivity index (χ0) is 22.9. The minimum absolute atomic E-state index is 0.220. The minimum atomic E-state index is -4.29. The van der Waals surface area contributed by atoms with Gasteiger partial charge in [-0.05, 0) is 60.7 Å². The SMILES string of the molecule is N#Cc1ccc(N2C(=O)CC(N(Cc3ccco3)S(=O)(=O)c3ccc(F)cc3)C2=O)cc1. The van der Waals surface area contributed by atoms with Crippen molar-refractivity contribution in [2.24, 2.45) is 0 Å². The van der Waals surface area contributed by atoms with E-state index >= 15 is 0 Å². The molecule has 10 heteroatoms. The van der Waals surface area contributed by atoms with E-state index in [1.807, 2.05) is 6.07 Å². The summed E-state index contributed by atoms with van der Waals surface area (Å²) in [6.07, 6.45) is 0.989. The second kappa shape index (κ2) is 8.37. The van der Waals surface area contributed by atoms with Crippen molar-refractivity contribution in [3.8, 4) is 6.07 Å². The maximum absolute atomic E-state index is 13.4. The lowest BCUT2D eigenvalue weighted by Crippen LogP contribution is -2.45. The van der Waals surface area contributed by atoms with Crippen LogP contribution in [0, 0.1) is 17.1 Å². The van der Waals surface area contributed by atoms with Crippen LogP contribution >= 0.6 is 0 Å². The number of halogens is 1. The second-order valence-electron chi connectivity index (χ2n) is 7.03. The molecule has 8 nitrogen and oxygen atoms in total. The highest BCUT2D eigenvalue weighted by molar-refractivity contribution is 7.89. The molecule has 0 radical (unpaired) electrons. The Morgan fingerprint density at radius 3 is 2.38 bits per heavy atom. The van der Waals surface area contributed by atoms with E-state index in [0.29, 0.717) is 5.56 Å². The number of hydrogen-bond donors (Lipinski definition) is 0. The number of amides is 2. The number of furan rings is 1. The number of carbonyl (C=O) groups excluding carboxylic acids is 2. The third-order valence-electron chi connectivity index (χ3n) is 5.04. The lowest BCUT2D eigenvalue weighted by Gasteiger charge is -2.26. The van der Waals surface area contributed by atoms with Gasteiger partial charge in [0.2, 0.25) is 15.9 Å². The van der Waals surface area contributed by atoms with E-state index in [-0.39, 0.29) is 29.3 Å². The van der Waals surface area contributed by atoms with E-state index in [0.717, 1.165) is 33.5 Å². The number of hydrogen-bond acceptors (Lipinski definition) is 6. The summed E-state index contributed by atoms with van der Waals surface area (Å²) in [4.78, 5) is 26.6. The molecule has 2 amide bonds. The van der Waals surface area contributed by atoms with Gasteiger partial charge in [0.15, 0.2) is 0 Å². The van der Waals surface area contributed by atoms with E-state index in [1.54, 1.807) is 12.1 Å². The van der Waals surface area contributed by atoms with Crippen molar-refractivity contribution in [3.05, 3.63) is 84.1 Å². The highest BCUT2D eigenvalue weighted by atomic mass is 32.2. The van der Waals surface area contributed by atoms with Gasteiger partial charge in [-0.15, -0.1) is 0 Å². The summed E-state index contributed by atoms with van der Waals surface area (Å²) < 4.78 is 46.3. The molecular formula is C22H16FN3O5S. The Hall–Kier alpha value is -3.81. The van der Waals surface area contributed by atoms with Crippen LogP contribution in [0.1, 0.15) is 17.7 Å². The quantitative estimate of drug-likeness (QED) is 0.531. The van der Waals surface area contributed by atoms with Crippen molar-refractivity contribution < 1.29 is 26.8 Å². The maximum atomic E-state index is 13.4. The first-order valence-electron chi connectivity index (χ1n) is 9.48. The molecule has 1 aliphatic heterocycles. The average molecular weight is 453 g/mol. The molecule has 3 aromatic rings. The van der Waals surface area contributed by atoms with Crippen LogP contribution in [0.15, 0.2) is 76.2 Å². The van der Waals surface area contributed by atoms with E-state index < -0.39 is 33.7 Å². The lowest BCUT2D eigenvalue weighted by molar-refractivity contribution is -0.122. The molecule has 1 aromatic heterocycles. The molecule has 162 valence electrons. The van der Waals surface area contributed by atoms with Crippen LogP contribution in [-0.4, -0.2) is 30.6 Å². The zero-order valence-corrected chi connectivity index (χ0v) is 17.3. The van der Waals surface area contributed by atoms with Gasteiger partial charge in [-0.1, -0.05) is 0 Å². The molecule has 0 saturated carbocycles. The summed E-state index contributed by atoms with van der Waals surface area (Å²) in [5.41, 5.74) is 0.585. The first-order valence-corrected chi connectivity index (χ1v) is 10.9. The van der Waals surface area contributed by atoms with E-state index in [2.05, 4.69) is 0 Å². The van der Waals surface area contributed by atoms with Gasteiger partial charge in [0.05, 0.1) is 41.4 Å². The van der Waals surface area contributed by atoms with Crippen LogP contribution in [0.4, 0.5) is 10.1 Å². The number of nitriles is 1. The summed E-state index contributed by atoms with van der Waals surface area (Å²) in [6.45, 7) is -0.294. The smallest absolute Gasteiger partial charge is 0.252 e. The number of imide groups is 1. The molecule has 0 N–H and O–H groups in total. The molecule has 1 atom stereocenters. The van der Waals surface area contributed by atoms with Gasteiger partial charge in [-0.3, -0.25) is 9.59 Å². The summed E-state index contributed by atoms with van der Waals surface area (Å²) in [7, 11) is -4.29. The Morgan fingerprint density at radius 1 is 1.09 bits per heavy atom. The van der Waals surface area contributed by atoms with Gasteiger partial charge in [0.1, 0.15) is 17.6 Å². The average Bonchev–Trinajstić information content (AvgIpc) is 3.40. The standard InChI is InChI=1S/C22H16FN3O5S/c23-16-5-9-19(10-6-16)32(29,30)25(14-18-2-1-11-31-18)20-12-21(27)26(22(20)28)17-7-3-15(13-24)4-8-17/h1-11,20H,12,14H2. The third-order valence-corrected chi connectivity index (χ3v) is 6.91. The molecule has 0 spiro atoms. The monoisotopic (exact) mass is 453 g/mol. The molecule has 2 aromatic carbocycles. The normalized spacial score (nSPS) is 16.5. The van der Waals surface area contributed by atoms with E-state index in [4.69, 9.17) is 9.68 Å². The zero-order valence-electron chi connectivity index (χ0n) is 16.5. The predicted octanol–water partition coefficient (Wildman–Crippen LogP) is 2.81. The molecule has 0 bridgehead atoms. The fourth-order valence-electron chi connectivity index (χ4n) is 3.46. The fraction of sp³-hybridized carbons (Fsp3) is 0.136. The van der Waals surface area contributed by atoms with Crippen LogP contribution < -0.4 is 4.90 Å². The van der Waals surface area contributed by atoms with E-state index in [9.17, 15) is 22.4 Å². The van der Waals surface area contributed by atoms with Gasteiger partial charge < -0.3 is 4.42 Å². The number of anilines is 1. The van der Waals surface area contributed by atoms with Gasteiger partial charge in [0.25, 0.3) is 5.91 Å². The lowest BCUT2D eigenvalue weighted by atomic mass is 10.2. The van der Waals surface area contributed by atoms with Crippen molar-refractivity contribution in [2.45, 2.75) is 23.9 Å². The Bertz CT molecular complexity index is 1300. The van der Waals surface area contributed by atoms with Crippen molar-refractivity contribution >= 4 is 27.5 Å². The molecule has 32 heavy (non-hydrogen) atoms. The predicted molar refractivity (Wildman–Crippen MR) is 110 cm³/mol. The maximum Gasteiger partial charge on any atom is 0.252 e. The number of benzene rings is 2. The fourth-order valence-corrected chi connectivity index (χ4v) is 5.01. The minimum Gasteiger partial charge on any atom is -0.468 e. The van der Waals surface area contributed by atoms with Crippen LogP contribution in [0.2, 0.25) is 0 Å². The molecule has 1 saturated heterocycles. The van der Waals surface area contributed by atoms with Gasteiger partial charge >= 0.3 is 0 Å². The number of sulfonamides is 1. The Kier molecular flexibility index (Phi) is 5.61. The molecule has 0 aliphatic carbocycles. The van der Waals surface area contributed by atoms with Gasteiger partial charge in [0, 0.05) is 0 Å². The van der Waals surface area contributed by atoms with Crippen molar-refractivity contribution in [1.29, 1.82) is 5.26 Å². The van der Waals surface area contributed by atoms with Crippen LogP contribution in [0.5, 0.6) is 0 Å². The molecule has 1 fully saturated rings. The number of carbonyl (C=O) groups is 2. The summed E-state index contributed by atoms with van der Waals surface area (Å²) in [5.74, 6) is -1.64. The van der Waals surface area contributed by atoms with Crippen molar-refractivity contribution in [1.82, 2.24) is 4.31 Å². The van der Waals surface area contributed by atoms with Gasteiger partial charge in [-0.2, -0.15) is 9.57 Å². The van der Waals surface area contributed by atoms with Crippen LogP contribution in [-0.2, 0) is 26.2 Å². The molecule has 1 unspecified atom stereocenters. The number of nitrogens with zero attached hydrogens (tertiary/aromatic N) is 3. The van der Waals surface area contributed by atoms with Gasteiger partial charge in [-0.25, -0.2) is 17.7 Å². The van der Waals surface area contributed by atoms with Crippen LogP contribution in [0.3, 0.4) is 0 Å². The Labute approximate surface area is 183 Å². The Morgan fingerprint density at radius 2 is 1.78 bits per heavy atom. The van der Waals surface area contributed by atoms with E-state index in [1.165, 1.54) is 30.5 Å².